The summed E-state index contributed by atoms with van der Waals surface area (Å²) >= 11 is 0. The number of rotatable bonds is 6. The summed E-state index contributed by atoms with van der Waals surface area (Å²) in [5, 5.41) is 0. The third kappa shape index (κ3) is 5.15. The fraction of sp³-hybridized carbons (Fsp3) is 0.750. The standard InChI is InChI=1S/C16H25N3O6/c1-15(2)22-8-10(24-15)6-20-12-5-13(19-14(17)18-12)21-7-11-9-23-16(3,4)25-11/h5,10-11H,6-9H2,1-4H3,(H2,17,18,19)/t10-,11-/m1/s1. The van der Waals surface area contributed by atoms with Gasteiger partial charge in [-0.25, -0.2) is 0 Å². The first-order valence-electron chi connectivity index (χ1n) is 8.24. The first kappa shape index (κ1) is 18.1. The Kier molecular flexibility index (Phi) is 5.01. The molecule has 2 fully saturated rings. The zero-order chi connectivity index (χ0) is 18.1. The molecule has 140 valence electrons. The van der Waals surface area contributed by atoms with Gasteiger partial charge in [-0.1, -0.05) is 0 Å². The Labute approximate surface area is 146 Å². The molecule has 0 radical (unpaired) electrons. The quantitative estimate of drug-likeness (QED) is 0.803. The zero-order valence-electron chi connectivity index (χ0n) is 15.0. The van der Waals surface area contributed by atoms with E-state index in [1.807, 2.05) is 27.7 Å². The van der Waals surface area contributed by atoms with Crippen molar-refractivity contribution in [1.29, 1.82) is 0 Å². The van der Waals surface area contributed by atoms with Gasteiger partial charge in [0.2, 0.25) is 17.7 Å². The highest BCUT2D eigenvalue weighted by Crippen LogP contribution is 2.25. The minimum Gasteiger partial charge on any atom is -0.475 e. The normalized spacial score (nSPS) is 27.4. The topological polar surface area (TPSA) is 107 Å². The highest BCUT2D eigenvalue weighted by Gasteiger charge is 2.34. The minimum absolute atomic E-state index is 0.0698. The Morgan fingerprint density at radius 2 is 1.40 bits per heavy atom. The van der Waals surface area contributed by atoms with Gasteiger partial charge >= 0.3 is 0 Å². The van der Waals surface area contributed by atoms with Gasteiger partial charge in [0, 0.05) is 0 Å². The van der Waals surface area contributed by atoms with E-state index in [0.717, 1.165) is 0 Å². The average molecular weight is 355 g/mol. The SMILES string of the molecule is CC1(C)OC[C@@H](COc2cc(OC[C@@H]3COC(C)(C)O3)nc(N)n2)O1. The van der Waals surface area contributed by atoms with Gasteiger partial charge in [0.1, 0.15) is 25.4 Å². The predicted octanol–water partition coefficient (Wildman–Crippen LogP) is 1.12. The highest BCUT2D eigenvalue weighted by molar-refractivity contribution is 5.29. The molecule has 1 aromatic heterocycles. The van der Waals surface area contributed by atoms with E-state index in [9.17, 15) is 0 Å². The maximum absolute atomic E-state index is 5.72. The Balaban J connectivity index is 1.52. The monoisotopic (exact) mass is 355 g/mol. The molecule has 0 amide bonds. The fourth-order valence-corrected chi connectivity index (χ4v) is 2.62. The van der Waals surface area contributed by atoms with Crippen molar-refractivity contribution in [2.45, 2.75) is 51.5 Å². The lowest BCUT2D eigenvalue weighted by Gasteiger charge is -2.18. The summed E-state index contributed by atoms with van der Waals surface area (Å²) in [5.74, 6) is -0.478. The summed E-state index contributed by atoms with van der Waals surface area (Å²) in [7, 11) is 0. The zero-order valence-corrected chi connectivity index (χ0v) is 15.0. The molecule has 0 unspecified atom stereocenters. The molecule has 2 N–H and O–H groups in total. The molecule has 0 spiro atoms. The molecule has 2 atom stereocenters. The summed E-state index contributed by atoms with van der Waals surface area (Å²) < 4.78 is 33.6. The molecule has 9 nitrogen and oxygen atoms in total. The van der Waals surface area contributed by atoms with E-state index in [1.54, 1.807) is 6.07 Å². The van der Waals surface area contributed by atoms with Crippen LogP contribution < -0.4 is 15.2 Å². The number of hydrogen-bond acceptors (Lipinski definition) is 9. The van der Waals surface area contributed by atoms with Crippen molar-refractivity contribution >= 4 is 5.95 Å². The van der Waals surface area contributed by atoms with Crippen LogP contribution in [0.15, 0.2) is 6.07 Å². The van der Waals surface area contributed by atoms with E-state index in [1.165, 1.54) is 0 Å². The van der Waals surface area contributed by atoms with Crippen molar-refractivity contribution in [2.75, 3.05) is 32.2 Å². The molecule has 3 heterocycles. The molecular weight excluding hydrogens is 330 g/mol. The number of nitrogens with two attached hydrogens (primary N) is 1. The predicted molar refractivity (Wildman–Crippen MR) is 87.2 cm³/mol. The van der Waals surface area contributed by atoms with Crippen molar-refractivity contribution in [3.63, 3.8) is 0 Å². The molecule has 3 rings (SSSR count). The summed E-state index contributed by atoms with van der Waals surface area (Å²) in [4.78, 5) is 8.09. The first-order valence-corrected chi connectivity index (χ1v) is 8.24. The number of ether oxygens (including phenoxy) is 6. The second kappa shape index (κ2) is 6.91. The van der Waals surface area contributed by atoms with Crippen LogP contribution in [0.2, 0.25) is 0 Å². The Hall–Kier alpha value is -1.68. The maximum Gasteiger partial charge on any atom is 0.226 e. The van der Waals surface area contributed by atoms with E-state index >= 15 is 0 Å². The van der Waals surface area contributed by atoms with Crippen LogP contribution in [0.4, 0.5) is 5.95 Å². The van der Waals surface area contributed by atoms with E-state index < -0.39 is 11.6 Å². The van der Waals surface area contributed by atoms with Crippen LogP contribution in [0.3, 0.4) is 0 Å². The molecule has 0 bridgehead atoms. The van der Waals surface area contributed by atoms with Crippen LogP contribution in [-0.4, -0.2) is 60.2 Å². The summed E-state index contributed by atoms with van der Waals surface area (Å²) in [6.07, 6.45) is -0.330. The van der Waals surface area contributed by atoms with Crippen molar-refractivity contribution in [3.05, 3.63) is 6.07 Å². The molecular formula is C16H25N3O6. The van der Waals surface area contributed by atoms with Gasteiger partial charge in [0.25, 0.3) is 0 Å². The lowest BCUT2D eigenvalue weighted by molar-refractivity contribution is -0.141. The third-order valence-corrected chi connectivity index (χ3v) is 3.67. The molecule has 9 heteroatoms. The van der Waals surface area contributed by atoms with E-state index in [0.29, 0.717) is 38.2 Å². The van der Waals surface area contributed by atoms with Gasteiger partial charge in [-0.15, -0.1) is 0 Å². The van der Waals surface area contributed by atoms with Crippen LogP contribution in [0.5, 0.6) is 11.8 Å². The number of anilines is 1. The average Bonchev–Trinajstić information content (AvgIpc) is 3.04. The lowest BCUT2D eigenvalue weighted by Crippen LogP contribution is -2.25. The van der Waals surface area contributed by atoms with Crippen molar-refractivity contribution in [1.82, 2.24) is 9.97 Å². The molecule has 2 aliphatic heterocycles. The van der Waals surface area contributed by atoms with E-state index in [2.05, 4.69) is 9.97 Å². The van der Waals surface area contributed by atoms with Crippen LogP contribution >= 0.6 is 0 Å². The molecule has 1 aromatic rings. The van der Waals surface area contributed by atoms with Crippen LogP contribution in [-0.2, 0) is 18.9 Å². The Morgan fingerprint density at radius 1 is 0.960 bits per heavy atom. The fourth-order valence-electron chi connectivity index (χ4n) is 2.62. The number of nitrogen functional groups attached to an aromatic ring is 1. The summed E-state index contributed by atoms with van der Waals surface area (Å²) in [6, 6.07) is 1.58. The minimum atomic E-state index is -0.593. The van der Waals surface area contributed by atoms with E-state index in [-0.39, 0.29) is 18.2 Å². The lowest BCUT2D eigenvalue weighted by atomic mass is 10.4. The highest BCUT2D eigenvalue weighted by atomic mass is 16.8. The van der Waals surface area contributed by atoms with Gasteiger partial charge in [-0.3, -0.25) is 0 Å². The van der Waals surface area contributed by atoms with E-state index in [4.69, 9.17) is 34.2 Å². The van der Waals surface area contributed by atoms with Crippen molar-refractivity contribution in [2.24, 2.45) is 0 Å². The number of hydrogen-bond donors (Lipinski definition) is 1. The molecule has 0 aromatic carbocycles. The maximum atomic E-state index is 5.72. The van der Waals surface area contributed by atoms with Gasteiger partial charge in [0.15, 0.2) is 11.6 Å². The van der Waals surface area contributed by atoms with Crippen molar-refractivity contribution in [3.8, 4) is 11.8 Å². The van der Waals surface area contributed by atoms with Gasteiger partial charge < -0.3 is 34.2 Å². The third-order valence-electron chi connectivity index (χ3n) is 3.67. The second-order valence-corrected chi connectivity index (χ2v) is 6.93. The second-order valence-electron chi connectivity index (χ2n) is 6.93. The molecule has 25 heavy (non-hydrogen) atoms. The number of nitrogens with zero attached hydrogens (tertiary/aromatic N) is 2. The smallest absolute Gasteiger partial charge is 0.226 e. The molecule has 0 aliphatic carbocycles. The first-order chi connectivity index (χ1) is 11.7. The summed E-state index contributed by atoms with van der Waals surface area (Å²) in [6.45, 7) is 8.96. The summed E-state index contributed by atoms with van der Waals surface area (Å²) in [5.41, 5.74) is 5.72. The molecule has 2 aliphatic rings. The number of aromatic nitrogens is 2. The van der Waals surface area contributed by atoms with Crippen molar-refractivity contribution < 1.29 is 28.4 Å². The largest absolute Gasteiger partial charge is 0.475 e. The van der Waals surface area contributed by atoms with Crippen LogP contribution in [0.25, 0.3) is 0 Å². The Bertz CT molecular complexity index is 561. The van der Waals surface area contributed by atoms with Gasteiger partial charge in [-0.2, -0.15) is 9.97 Å². The molecule has 2 saturated heterocycles. The van der Waals surface area contributed by atoms with Gasteiger partial charge in [-0.05, 0) is 27.7 Å². The van der Waals surface area contributed by atoms with Crippen LogP contribution in [0, 0.1) is 0 Å². The van der Waals surface area contributed by atoms with Crippen LogP contribution in [0.1, 0.15) is 27.7 Å². The molecule has 0 saturated carbocycles. The van der Waals surface area contributed by atoms with Gasteiger partial charge in [0.05, 0.1) is 19.3 Å². The Morgan fingerprint density at radius 3 is 1.76 bits per heavy atom.